The van der Waals surface area contributed by atoms with Crippen LogP contribution in [-0.2, 0) is 9.09 Å². The van der Waals surface area contributed by atoms with Crippen LogP contribution in [0.4, 0.5) is 0 Å². The van der Waals surface area contributed by atoms with Gasteiger partial charge in [0.2, 0.25) is 8.53 Å². The number of hydrogen-bond donors (Lipinski definition) is 5. The molecule has 0 spiro atoms. The highest BCUT2D eigenvalue weighted by Crippen LogP contribution is 2.35. The molecule has 68 valence electrons. The van der Waals surface area contributed by atoms with Gasteiger partial charge < -0.3 is 14.3 Å². The molecule has 0 atom stereocenters. The third-order valence-corrected chi connectivity index (χ3v) is 0.636. The molecule has 0 rings (SSSR count). The van der Waals surface area contributed by atoms with Gasteiger partial charge in [-0.1, -0.05) is 6.58 Å². The zero-order valence-corrected chi connectivity index (χ0v) is 7.15. The first-order chi connectivity index (χ1) is 4.79. The zero-order chi connectivity index (χ0) is 9.49. The Morgan fingerprint density at radius 1 is 1.55 bits per heavy atom. The van der Waals surface area contributed by atoms with Crippen molar-refractivity contribution < 1.29 is 28.7 Å². The van der Waals surface area contributed by atoms with Crippen molar-refractivity contribution in [1.82, 2.24) is 0 Å². The van der Waals surface area contributed by atoms with Crippen molar-refractivity contribution in [3.8, 4) is 0 Å². The summed E-state index contributed by atoms with van der Waals surface area (Å²) in [6, 6.07) is 0. The lowest BCUT2D eigenvalue weighted by Gasteiger charge is -1.96. The molecule has 0 aromatic rings. The molecular formula is C2H9NO6P2. The number of rotatable bonds is 2. The van der Waals surface area contributed by atoms with Crippen molar-refractivity contribution >= 4 is 16.3 Å². The Morgan fingerprint density at radius 3 is 1.82 bits per heavy atom. The SMILES string of the molecule is C=COP(=O)(O)O.NP(O)O. The van der Waals surface area contributed by atoms with Gasteiger partial charge >= 0.3 is 7.82 Å². The third-order valence-electron chi connectivity index (χ3n) is 0.212. The molecular weight excluding hydrogens is 196 g/mol. The van der Waals surface area contributed by atoms with Crippen LogP contribution in [0.1, 0.15) is 0 Å². The molecule has 0 saturated carbocycles. The Kier molecular flexibility index (Phi) is 8.26. The molecule has 0 aliphatic rings. The summed E-state index contributed by atoms with van der Waals surface area (Å²) < 4.78 is 13.3. The molecule has 0 bridgehead atoms. The maximum Gasteiger partial charge on any atom is 0.524 e. The van der Waals surface area contributed by atoms with E-state index >= 15 is 0 Å². The predicted molar refractivity (Wildman–Crippen MR) is 38.9 cm³/mol. The Balaban J connectivity index is 0. The van der Waals surface area contributed by atoms with E-state index in [2.05, 4.69) is 16.6 Å². The fraction of sp³-hybridized carbons (Fsp3) is 0. The zero-order valence-electron chi connectivity index (χ0n) is 5.36. The van der Waals surface area contributed by atoms with Crippen LogP contribution in [0.15, 0.2) is 12.8 Å². The minimum Gasteiger partial charge on any atom is -0.413 e. The van der Waals surface area contributed by atoms with E-state index in [0.29, 0.717) is 6.26 Å². The summed E-state index contributed by atoms with van der Waals surface area (Å²) in [6.07, 6.45) is 0.695. The van der Waals surface area contributed by atoms with Crippen LogP contribution in [0.3, 0.4) is 0 Å². The van der Waals surface area contributed by atoms with Crippen LogP contribution < -0.4 is 5.50 Å². The van der Waals surface area contributed by atoms with Gasteiger partial charge in [0.15, 0.2) is 0 Å². The van der Waals surface area contributed by atoms with E-state index in [0.717, 1.165) is 0 Å². The number of nitrogens with two attached hydrogens (primary N) is 1. The minimum atomic E-state index is -4.28. The Morgan fingerprint density at radius 2 is 1.82 bits per heavy atom. The molecule has 0 aromatic heterocycles. The van der Waals surface area contributed by atoms with E-state index in [1.807, 2.05) is 0 Å². The first kappa shape index (κ1) is 13.6. The van der Waals surface area contributed by atoms with Crippen molar-refractivity contribution in [2.75, 3.05) is 0 Å². The van der Waals surface area contributed by atoms with E-state index in [1.54, 1.807) is 0 Å². The fourth-order valence-electron chi connectivity index (χ4n) is 0.0971. The average Bonchev–Trinajstić information content (AvgIpc) is 1.58. The lowest BCUT2D eigenvalue weighted by Crippen LogP contribution is -1.78. The lowest BCUT2D eigenvalue weighted by atomic mass is 11.2. The molecule has 0 saturated heterocycles. The molecule has 9 heteroatoms. The van der Waals surface area contributed by atoms with Crippen LogP contribution in [-0.4, -0.2) is 19.6 Å². The summed E-state index contributed by atoms with van der Waals surface area (Å²) in [7, 11) is -6.40. The van der Waals surface area contributed by atoms with E-state index in [1.165, 1.54) is 0 Å². The number of hydrogen-bond acceptors (Lipinski definition) is 5. The molecule has 7 nitrogen and oxygen atoms in total. The van der Waals surface area contributed by atoms with Crippen LogP contribution >= 0.6 is 16.3 Å². The Bertz CT molecular complexity index is 139. The highest BCUT2D eigenvalue weighted by Gasteiger charge is 2.10. The summed E-state index contributed by atoms with van der Waals surface area (Å²) in [5.41, 5.74) is 4.29. The molecule has 0 unspecified atom stereocenters. The Labute approximate surface area is 64.3 Å². The van der Waals surface area contributed by atoms with Gasteiger partial charge in [-0.05, 0) is 0 Å². The monoisotopic (exact) mass is 205 g/mol. The van der Waals surface area contributed by atoms with E-state index in [-0.39, 0.29) is 0 Å². The van der Waals surface area contributed by atoms with E-state index in [4.69, 9.17) is 19.6 Å². The van der Waals surface area contributed by atoms with Gasteiger partial charge in [-0.3, -0.25) is 15.3 Å². The molecule has 0 radical (unpaired) electrons. The maximum atomic E-state index is 9.63. The van der Waals surface area contributed by atoms with Crippen LogP contribution in [0.25, 0.3) is 0 Å². The molecule has 0 aromatic carbocycles. The van der Waals surface area contributed by atoms with Gasteiger partial charge in [0, 0.05) is 0 Å². The lowest BCUT2D eigenvalue weighted by molar-refractivity contribution is 0.259. The molecule has 11 heavy (non-hydrogen) atoms. The van der Waals surface area contributed by atoms with Crippen LogP contribution in [0.5, 0.6) is 0 Å². The summed E-state index contributed by atoms with van der Waals surface area (Å²) in [6.45, 7) is 2.93. The van der Waals surface area contributed by atoms with Gasteiger partial charge in [-0.15, -0.1) is 0 Å². The highest BCUT2D eigenvalue weighted by molar-refractivity contribution is 7.46. The van der Waals surface area contributed by atoms with Crippen molar-refractivity contribution in [3.05, 3.63) is 12.8 Å². The minimum absolute atomic E-state index is 0.695. The molecule has 0 fully saturated rings. The smallest absolute Gasteiger partial charge is 0.413 e. The van der Waals surface area contributed by atoms with Crippen LogP contribution in [0.2, 0.25) is 0 Å². The fourth-order valence-corrected chi connectivity index (χ4v) is 0.291. The topological polar surface area (TPSA) is 133 Å². The number of phosphoric ester groups is 1. The van der Waals surface area contributed by atoms with Crippen LogP contribution in [0, 0.1) is 0 Å². The Hall–Kier alpha value is 0.0000000000000000139. The van der Waals surface area contributed by atoms with Gasteiger partial charge in [-0.25, -0.2) is 4.57 Å². The first-order valence-corrected chi connectivity index (χ1v) is 4.91. The third kappa shape index (κ3) is 40.0. The van der Waals surface area contributed by atoms with Gasteiger partial charge in [0.25, 0.3) is 0 Å². The van der Waals surface area contributed by atoms with Crippen molar-refractivity contribution in [2.45, 2.75) is 0 Å². The average molecular weight is 205 g/mol. The standard InChI is InChI=1S/C2H5O4P.H4NO2P/c1-2-6-7(3,4)5;1-4(2)3/h2H,1H2,(H2,3,4,5);2-3H,1H2. The quantitative estimate of drug-likeness (QED) is 0.300. The summed E-state index contributed by atoms with van der Waals surface area (Å²) >= 11 is 0. The summed E-state index contributed by atoms with van der Waals surface area (Å²) in [5, 5.41) is 0. The largest absolute Gasteiger partial charge is 0.524 e. The summed E-state index contributed by atoms with van der Waals surface area (Å²) in [4.78, 5) is 30.6. The van der Waals surface area contributed by atoms with E-state index in [9.17, 15) is 4.57 Å². The normalized spacial score (nSPS) is 10.0. The second-order valence-corrected chi connectivity index (χ2v) is 2.92. The molecule has 6 N–H and O–H groups in total. The summed E-state index contributed by atoms with van der Waals surface area (Å²) in [5.74, 6) is 0. The van der Waals surface area contributed by atoms with Crippen molar-refractivity contribution in [3.63, 3.8) is 0 Å². The van der Waals surface area contributed by atoms with Crippen molar-refractivity contribution in [1.29, 1.82) is 0 Å². The molecule has 0 aliphatic heterocycles. The maximum absolute atomic E-state index is 9.63. The van der Waals surface area contributed by atoms with Gasteiger partial charge in [-0.2, -0.15) is 0 Å². The molecule has 0 amide bonds. The molecule has 0 heterocycles. The number of phosphoric acid groups is 1. The van der Waals surface area contributed by atoms with Crippen molar-refractivity contribution in [2.24, 2.45) is 5.50 Å². The molecule has 0 aliphatic carbocycles. The van der Waals surface area contributed by atoms with Gasteiger partial charge in [0.05, 0.1) is 6.26 Å². The van der Waals surface area contributed by atoms with Gasteiger partial charge in [0.1, 0.15) is 0 Å². The predicted octanol–water partition coefficient (Wildman–Crippen LogP) is -0.604. The first-order valence-electron chi connectivity index (χ1n) is 2.07. The second kappa shape index (κ2) is 6.69. The highest BCUT2D eigenvalue weighted by atomic mass is 31.2. The van der Waals surface area contributed by atoms with E-state index < -0.39 is 16.3 Å². The second-order valence-electron chi connectivity index (χ2n) is 1.08.